The highest BCUT2D eigenvalue weighted by atomic mass is 127. The van der Waals surface area contributed by atoms with Crippen molar-refractivity contribution in [2.45, 2.75) is 60.0 Å². The standard InChI is InChI=1S/C32H36IN3O4/c1-8-21(6)40-30-26(33)15-22(16-29(30)38-7)18-34-36-31(35-27-13-11-10-12-23(27)32(36)37)25-17-24(19(3)4)28(39-9-2)14-20(25)5/h10-19,21H,8-9H2,1-7H3/t21-/m1/s1. The third-order valence-corrected chi connectivity index (χ3v) is 7.54. The number of para-hydroxylation sites is 1. The second-order valence-electron chi connectivity index (χ2n) is 9.98. The molecule has 7 nitrogen and oxygen atoms in total. The number of nitrogens with zero attached hydrogens (tertiary/aromatic N) is 3. The second-order valence-corrected chi connectivity index (χ2v) is 11.1. The minimum Gasteiger partial charge on any atom is -0.494 e. The molecule has 1 heterocycles. The molecule has 4 rings (SSSR count). The van der Waals surface area contributed by atoms with Crippen molar-refractivity contribution in [2.75, 3.05) is 13.7 Å². The van der Waals surface area contributed by atoms with Crippen LogP contribution in [0.5, 0.6) is 17.2 Å². The minimum atomic E-state index is -0.241. The van der Waals surface area contributed by atoms with E-state index in [4.69, 9.17) is 19.2 Å². The van der Waals surface area contributed by atoms with Gasteiger partial charge in [0, 0.05) is 5.56 Å². The zero-order valence-electron chi connectivity index (χ0n) is 24.1. The summed E-state index contributed by atoms with van der Waals surface area (Å²) in [4.78, 5) is 18.7. The van der Waals surface area contributed by atoms with Crippen LogP contribution in [0, 0.1) is 10.5 Å². The monoisotopic (exact) mass is 653 g/mol. The molecule has 1 aromatic heterocycles. The molecule has 0 aliphatic heterocycles. The zero-order valence-corrected chi connectivity index (χ0v) is 26.3. The van der Waals surface area contributed by atoms with Crippen molar-refractivity contribution >= 4 is 39.7 Å². The van der Waals surface area contributed by atoms with Gasteiger partial charge in [0.15, 0.2) is 17.3 Å². The lowest BCUT2D eigenvalue weighted by molar-refractivity contribution is 0.206. The van der Waals surface area contributed by atoms with E-state index < -0.39 is 0 Å². The van der Waals surface area contributed by atoms with Gasteiger partial charge >= 0.3 is 0 Å². The quantitative estimate of drug-likeness (QED) is 0.130. The lowest BCUT2D eigenvalue weighted by Gasteiger charge is -2.18. The molecule has 0 amide bonds. The van der Waals surface area contributed by atoms with E-state index in [1.165, 1.54) is 4.68 Å². The highest BCUT2D eigenvalue weighted by molar-refractivity contribution is 14.1. The summed E-state index contributed by atoms with van der Waals surface area (Å²) in [6, 6.07) is 15.3. The van der Waals surface area contributed by atoms with Gasteiger partial charge in [-0.15, -0.1) is 0 Å². The van der Waals surface area contributed by atoms with E-state index in [2.05, 4.69) is 54.5 Å². The van der Waals surface area contributed by atoms with E-state index in [-0.39, 0.29) is 17.6 Å². The first kappa shape index (κ1) is 29.6. The van der Waals surface area contributed by atoms with Crippen LogP contribution in [0.4, 0.5) is 0 Å². The van der Waals surface area contributed by atoms with Crippen LogP contribution in [-0.4, -0.2) is 35.7 Å². The van der Waals surface area contributed by atoms with Gasteiger partial charge < -0.3 is 14.2 Å². The molecule has 1 atom stereocenters. The number of aryl methyl sites for hydroxylation is 1. The van der Waals surface area contributed by atoms with Crippen molar-refractivity contribution in [3.8, 4) is 28.6 Å². The van der Waals surface area contributed by atoms with Gasteiger partial charge in [0.1, 0.15) is 5.75 Å². The fourth-order valence-corrected chi connectivity index (χ4v) is 5.17. The van der Waals surface area contributed by atoms with Gasteiger partial charge in [-0.2, -0.15) is 9.78 Å². The summed E-state index contributed by atoms with van der Waals surface area (Å²) in [7, 11) is 1.62. The summed E-state index contributed by atoms with van der Waals surface area (Å²) in [5.41, 5.74) is 3.98. The summed E-state index contributed by atoms with van der Waals surface area (Å²) in [6.07, 6.45) is 2.60. The zero-order chi connectivity index (χ0) is 29.0. The van der Waals surface area contributed by atoms with Gasteiger partial charge in [-0.1, -0.05) is 32.9 Å². The van der Waals surface area contributed by atoms with Crippen LogP contribution >= 0.6 is 22.6 Å². The molecule has 210 valence electrons. The maximum atomic E-state index is 13.8. The lowest BCUT2D eigenvalue weighted by atomic mass is 9.96. The maximum Gasteiger partial charge on any atom is 0.282 e. The fraction of sp³-hybridized carbons (Fsp3) is 0.344. The van der Waals surface area contributed by atoms with E-state index in [0.717, 1.165) is 38.0 Å². The Labute approximate surface area is 249 Å². The molecule has 8 heteroatoms. The van der Waals surface area contributed by atoms with Gasteiger partial charge in [0.25, 0.3) is 5.56 Å². The van der Waals surface area contributed by atoms with Crippen LogP contribution in [0.15, 0.2) is 58.4 Å². The molecule has 0 fully saturated rings. The molecule has 0 saturated carbocycles. The normalized spacial score (nSPS) is 12.3. The average Bonchev–Trinajstić information content (AvgIpc) is 2.93. The molecule has 0 aliphatic carbocycles. The molecule has 0 saturated heterocycles. The van der Waals surface area contributed by atoms with Crippen molar-refractivity contribution in [2.24, 2.45) is 5.10 Å². The summed E-state index contributed by atoms with van der Waals surface area (Å²) < 4.78 is 19.9. The number of aromatic nitrogens is 2. The SMILES string of the molecule is CCOc1cc(C)c(-c2nc3ccccc3c(=O)n2N=Cc2cc(I)c(O[C@H](C)CC)c(OC)c2)cc1C(C)C. The number of halogens is 1. The second kappa shape index (κ2) is 12.8. The average molecular weight is 654 g/mol. The Morgan fingerprint density at radius 2 is 1.82 bits per heavy atom. The van der Waals surface area contributed by atoms with E-state index in [1.54, 1.807) is 19.4 Å². The summed E-state index contributed by atoms with van der Waals surface area (Å²) in [5, 5.41) is 5.19. The van der Waals surface area contributed by atoms with Crippen molar-refractivity contribution in [1.82, 2.24) is 9.66 Å². The number of rotatable bonds is 10. The first-order valence-corrected chi connectivity index (χ1v) is 14.6. The summed E-state index contributed by atoms with van der Waals surface area (Å²) >= 11 is 2.24. The van der Waals surface area contributed by atoms with Gasteiger partial charge in [0.05, 0.1) is 40.5 Å². The number of hydrogen-bond acceptors (Lipinski definition) is 6. The number of methoxy groups -OCH3 is 1. The Hall–Kier alpha value is -3.40. The maximum absolute atomic E-state index is 13.8. The van der Waals surface area contributed by atoms with Crippen molar-refractivity contribution in [3.63, 3.8) is 0 Å². The molecule has 0 bridgehead atoms. The molecule has 40 heavy (non-hydrogen) atoms. The summed E-state index contributed by atoms with van der Waals surface area (Å²) in [6.45, 7) is 12.9. The number of fused-ring (bicyclic) bond motifs is 1. The van der Waals surface area contributed by atoms with E-state index in [1.807, 2.05) is 57.2 Å². The number of benzene rings is 3. The molecule has 0 spiro atoms. The third kappa shape index (κ3) is 6.16. The first-order chi connectivity index (χ1) is 19.2. The topological polar surface area (TPSA) is 74.9 Å². The Balaban J connectivity index is 1.90. The smallest absolute Gasteiger partial charge is 0.282 e. The molecule has 0 unspecified atom stereocenters. The molecule has 3 aromatic carbocycles. The number of hydrogen-bond donors (Lipinski definition) is 0. The minimum absolute atomic E-state index is 0.0554. The van der Waals surface area contributed by atoms with E-state index in [0.29, 0.717) is 34.8 Å². The van der Waals surface area contributed by atoms with Crippen LogP contribution in [0.25, 0.3) is 22.3 Å². The van der Waals surface area contributed by atoms with Crippen LogP contribution in [0.3, 0.4) is 0 Å². The highest BCUT2D eigenvalue weighted by Crippen LogP contribution is 2.36. The Kier molecular flexibility index (Phi) is 9.50. The third-order valence-electron chi connectivity index (χ3n) is 6.74. The predicted octanol–water partition coefficient (Wildman–Crippen LogP) is 7.57. The molecule has 0 radical (unpaired) electrons. The summed E-state index contributed by atoms with van der Waals surface area (Å²) in [5.74, 6) is 2.85. The Morgan fingerprint density at radius 3 is 2.50 bits per heavy atom. The lowest BCUT2D eigenvalue weighted by Crippen LogP contribution is -2.21. The molecular weight excluding hydrogens is 617 g/mol. The van der Waals surface area contributed by atoms with Gasteiger partial charge in [-0.3, -0.25) is 4.79 Å². The van der Waals surface area contributed by atoms with Crippen molar-refractivity contribution < 1.29 is 14.2 Å². The predicted molar refractivity (Wildman–Crippen MR) is 171 cm³/mol. The van der Waals surface area contributed by atoms with E-state index in [9.17, 15) is 4.79 Å². The molecule has 0 N–H and O–H groups in total. The van der Waals surface area contributed by atoms with E-state index >= 15 is 0 Å². The van der Waals surface area contributed by atoms with Gasteiger partial charge in [0.2, 0.25) is 0 Å². The van der Waals surface area contributed by atoms with Crippen LogP contribution in [-0.2, 0) is 0 Å². The van der Waals surface area contributed by atoms with Gasteiger partial charge in [-0.05, 0) is 109 Å². The van der Waals surface area contributed by atoms with Crippen molar-refractivity contribution in [3.05, 3.63) is 79.1 Å². The van der Waals surface area contributed by atoms with Crippen molar-refractivity contribution in [1.29, 1.82) is 0 Å². The van der Waals surface area contributed by atoms with Crippen LogP contribution in [0.2, 0.25) is 0 Å². The Morgan fingerprint density at radius 1 is 1.07 bits per heavy atom. The fourth-order valence-electron chi connectivity index (χ4n) is 4.41. The molecule has 0 aliphatic rings. The molecular formula is C32H36IN3O4. The van der Waals surface area contributed by atoms with Crippen LogP contribution in [0.1, 0.15) is 63.6 Å². The Bertz CT molecular complexity index is 1610. The first-order valence-electron chi connectivity index (χ1n) is 13.6. The number of ether oxygens (including phenoxy) is 3. The molecule has 4 aromatic rings. The highest BCUT2D eigenvalue weighted by Gasteiger charge is 2.19. The van der Waals surface area contributed by atoms with Crippen LogP contribution < -0.4 is 19.8 Å². The van der Waals surface area contributed by atoms with Gasteiger partial charge in [-0.25, -0.2) is 4.98 Å². The largest absolute Gasteiger partial charge is 0.494 e.